The average Bonchev–Trinajstić information content (AvgIpc) is 1.59. The molecule has 0 radical (unpaired) electrons. The molecule has 0 atom stereocenters. The Labute approximate surface area is 742 Å². The van der Waals surface area contributed by atoms with Gasteiger partial charge in [-0.25, -0.2) is 0 Å². The van der Waals surface area contributed by atoms with E-state index in [-0.39, 0.29) is 0 Å². The molecule has 0 saturated heterocycles. The zero-order valence-electron chi connectivity index (χ0n) is 67.4. The fraction of sp³-hybridized carbons (Fsp3) is 0. The van der Waals surface area contributed by atoms with Crippen LogP contribution in [-0.4, -0.2) is 0 Å². The Morgan fingerprint density at radius 2 is 0.421 bits per heavy atom. The molecule has 9 aromatic heterocycles. The van der Waals surface area contributed by atoms with Gasteiger partial charge in [-0.15, -0.1) is 56.7 Å². The summed E-state index contributed by atoms with van der Waals surface area (Å²) in [6, 6.07) is 149. The van der Waals surface area contributed by atoms with Crippen LogP contribution in [0.2, 0.25) is 0 Å². The summed E-state index contributed by atoms with van der Waals surface area (Å²) in [4.78, 5) is 6.97. The Morgan fingerprint density at radius 3 is 0.833 bits per heavy atom. The van der Waals surface area contributed by atoms with Crippen LogP contribution in [0, 0.1) is 0 Å². The molecule has 0 unspecified atom stereocenters. The van der Waals surface area contributed by atoms with Gasteiger partial charge in [0.1, 0.15) is 27.9 Å². The number of thiophene rings is 5. The Bertz CT molecular complexity index is 8530. The Kier molecular flexibility index (Phi) is 17.8. The topological polar surface area (TPSA) is 62.3 Å². The zero-order chi connectivity index (χ0) is 82.9. The largest absolute Gasteiger partial charge is 0.456 e. The highest BCUT2D eigenvalue weighted by atomic mass is 32.1. The molecule has 0 amide bonds. The second kappa shape index (κ2) is 30.4. The van der Waals surface area contributed by atoms with Crippen LogP contribution in [0.5, 0.6) is 0 Å². The van der Waals surface area contributed by atoms with E-state index in [4.69, 9.17) is 17.7 Å². The summed E-state index contributed by atoms with van der Waals surface area (Å²) in [5, 5.41) is 14.4. The summed E-state index contributed by atoms with van der Waals surface area (Å²) < 4.78 is 38.2. The van der Waals surface area contributed by atoms with Crippen molar-refractivity contribution >= 4 is 264 Å². The van der Waals surface area contributed by atoms with Crippen molar-refractivity contribution in [1.29, 1.82) is 0 Å². The van der Waals surface area contributed by atoms with Crippen molar-refractivity contribution in [2.45, 2.75) is 0 Å². The number of fused-ring (bicyclic) bond motifs is 24. The van der Waals surface area contributed by atoms with Crippen molar-refractivity contribution in [2.75, 3.05) is 14.7 Å². The third-order valence-corrected chi connectivity index (χ3v) is 30.1. The number of anilines is 9. The normalized spacial score (nSPS) is 11.8. The highest BCUT2D eigenvalue weighted by molar-refractivity contribution is 7.28. The van der Waals surface area contributed by atoms with Gasteiger partial charge in [-0.2, -0.15) is 0 Å². The first-order chi connectivity index (χ1) is 62.4. The molecule has 0 fully saturated rings. The van der Waals surface area contributed by atoms with Crippen molar-refractivity contribution in [2.24, 2.45) is 0 Å². The lowest BCUT2D eigenvalue weighted by molar-refractivity contribution is 0.669. The third kappa shape index (κ3) is 12.8. The second-order valence-corrected chi connectivity index (χ2v) is 37.0. The number of hydrogen-bond donors (Lipinski definition) is 0. The van der Waals surface area contributed by atoms with Gasteiger partial charge in [-0.1, -0.05) is 212 Å². The Balaban J connectivity index is 0.000000103. The molecular weight excluding hydrogens is 1640 g/mol. The van der Waals surface area contributed by atoms with Crippen LogP contribution >= 0.6 is 56.7 Å². The molecule has 0 N–H and O–H groups in total. The smallest absolute Gasteiger partial charge is 0.154 e. The minimum Gasteiger partial charge on any atom is -0.456 e. The van der Waals surface area contributed by atoms with E-state index in [1.807, 2.05) is 34.8 Å². The predicted molar refractivity (Wildman–Crippen MR) is 541 cm³/mol. The van der Waals surface area contributed by atoms with Gasteiger partial charge in [-0.05, 0) is 221 Å². The standard InChI is InChI=1S/C38H23NO2S.2C38H23NOS2/c1-2-8-26(9-3-1)39(28-19-20-30-35(23-28)41-37-31-11-5-7-13-36(31)42-38(30)37)27-17-14-24(15-18-27)25-16-21-34-32(22-25)29-10-4-6-12-33(29)40-34;2*1-2-8-24(9-3-1)25-14-16-26(17-15-25)39(27-19-21-36-32(22-27)29-10-4-6-12-34(29)41-36)28-18-20-30-33(23-28)40-37-31-11-5-7-13-35(31)42-38(30)37/h3*1-23H. The molecule has 0 aliphatic carbocycles. The monoisotopic (exact) mass is 1700 g/mol. The average molecular weight is 1710 g/mol. The summed E-state index contributed by atoms with van der Waals surface area (Å²) in [7, 11) is 0. The van der Waals surface area contributed by atoms with Gasteiger partial charge in [0.2, 0.25) is 0 Å². The van der Waals surface area contributed by atoms with E-state index in [2.05, 4.69) is 421 Å². The first kappa shape index (κ1) is 73.6. The number of nitrogens with zero attached hydrogens (tertiary/aromatic N) is 3. The molecule has 126 heavy (non-hydrogen) atoms. The maximum absolute atomic E-state index is 6.55. The highest BCUT2D eigenvalue weighted by Gasteiger charge is 2.25. The van der Waals surface area contributed by atoms with Crippen LogP contribution in [0.15, 0.2) is 436 Å². The molecule has 0 bridgehead atoms. The van der Waals surface area contributed by atoms with Crippen LogP contribution in [0.1, 0.15) is 0 Å². The molecular formula is C114H69N3O4S5. The molecule has 594 valence electrons. The molecule has 18 aromatic carbocycles. The molecule has 9 heterocycles. The van der Waals surface area contributed by atoms with Gasteiger partial charge in [0.15, 0.2) is 16.7 Å². The molecule has 27 aromatic rings. The van der Waals surface area contributed by atoms with Gasteiger partial charge in [0.25, 0.3) is 0 Å². The van der Waals surface area contributed by atoms with Gasteiger partial charge >= 0.3 is 0 Å². The van der Waals surface area contributed by atoms with E-state index in [0.29, 0.717) is 0 Å². The molecule has 7 nitrogen and oxygen atoms in total. The van der Waals surface area contributed by atoms with Crippen LogP contribution in [0.4, 0.5) is 51.2 Å². The van der Waals surface area contributed by atoms with Crippen LogP contribution in [0.25, 0.3) is 190 Å². The van der Waals surface area contributed by atoms with E-state index in [0.717, 1.165) is 134 Å². The summed E-state index contributed by atoms with van der Waals surface area (Å²) in [6.07, 6.45) is 0. The van der Waals surface area contributed by atoms with Crippen molar-refractivity contribution in [1.82, 2.24) is 0 Å². The molecule has 12 heteroatoms. The summed E-state index contributed by atoms with van der Waals surface area (Å²) >= 11 is 9.09. The second-order valence-electron chi connectivity index (χ2n) is 31.7. The number of furan rings is 4. The van der Waals surface area contributed by atoms with Crippen LogP contribution < -0.4 is 14.7 Å². The van der Waals surface area contributed by atoms with Crippen LogP contribution in [-0.2, 0) is 0 Å². The fourth-order valence-corrected chi connectivity index (χ4v) is 23.9. The Hall–Kier alpha value is -15.1. The fourth-order valence-electron chi connectivity index (χ4n) is 18.2. The third-order valence-electron chi connectivity index (χ3n) is 24.2. The minimum atomic E-state index is 0.901. The molecule has 27 rings (SSSR count). The van der Waals surface area contributed by atoms with Gasteiger partial charge < -0.3 is 32.4 Å². The first-order valence-electron chi connectivity index (χ1n) is 42.0. The number of para-hydroxylation sites is 2. The van der Waals surface area contributed by atoms with E-state index in [9.17, 15) is 0 Å². The van der Waals surface area contributed by atoms with E-state index in [1.54, 1.807) is 34.0 Å². The highest BCUT2D eigenvalue weighted by Crippen LogP contribution is 2.51. The minimum absolute atomic E-state index is 0.901. The van der Waals surface area contributed by atoms with E-state index < -0.39 is 0 Å². The quantitative estimate of drug-likeness (QED) is 0.121. The summed E-state index contributed by atoms with van der Waals surface area (Å²) in [5.41, 5.74) is 24.4. The summed E-state index contributed by atoms with van der Waals surface area (Å²) in [6.45, 7) is 0. The Morgan fingerprint density at radius 1 is 0.143 bits per heavy atom. The number of hydrogen-bond acceptors (Lipinski definition) is 12. The number of benzene rings is 18. The predicted octanol–water partition coefficient (Wildman–Crippen LogP) is 36.4. The molecule has 0 saturated carbocycles. The zero-order valence-corrected chi connectivity index (χ0v) is 71.4. The van der Waals surface area contributed by atoms with Gasteiger partial charge in [0, 0.05) is 167 Å². The first-order valence-corrected chi connectivity index (χ1v) is 46.1. The lowest BCUT2D eigenvalue weighted by Crippen LogP contribution is -2.09. The maximum atomic E-state index is 6.55. The van der Waals surface area contributed by atoms with Gasteiger partial charge in [0.05, 0.1) is 14.1 Å². The lowest BCUT2D eigenvalue weighted by atomic mass is 10.0. The van der Waals surface area contributed by atoms with Gasteiger partial charge in [-0.3, -0.25) is 0 Å². The molecule has 0 aliphatic heterocycles. The van der Waals surface area contributed by atoms with E-state index >= 15 is 0 Å². The molecule has 0 aliphatic rings. The van der Waals surface area contributed by atoms with Crippen molar-refractivity contribution < 1.29 is 17.7 Å². The van der Waals surface area contributed by atoms with Crippen molar-refractivity contribution in [3.05, 3.63) is 419 Å². The SMILES string of the molecule is c1ccc(-c2ccc(N(c3ccc4c(c3)oc3c5ccccc5sc43)c3ccc4sc5ccccc5c4c3)cc2)cc1.c1ccc(-c2ccc(N(c3ccc4c(c3)oc3c5ccccc5sc43)c3ccc4sc5ccccc5c4c3)cc2)cc1.c1ccc(N(c2ccc(-c3ccc4oc5ccccc5c4c3)cc2)c2ccc3c(c2)oc2c4ccccc4sc32)cc1. The van der Waals surface area contributed by atoms with E-state index in [1.165, 1.54) is 107 Å². The maximum Gasteiger partial charge on any atom is 0.154 e. The summed E-state index contributed by atoms with van der Waals surface area (Å²) in [5.74, 6) is 0. The van der Waals surface area contributed by atoms with Crippen molar-refractivity contribution in [3.8, 4) is 33.4 Å². The molecule has 0 spiro atoms. The number of rotatable bonds is 12. The lowest BCUT2D eigenvalue weighted by Gasteiger charge is -2.26. The van der Waals surface area contributed by atoms with Crippen LogP contribution in [0.3, 0.4) is 0 Å². The van der Waals surface area contributed by atoms with Crippen molar-refractivity contribution in [3.63, 3.8) is 0 Å².